The van der Waals surface area contributed by atoms with Gasteiger partial charge in [0, 0.05) is 10.0 Å². The van der Waals surface area contributed by atoms with Crippen LogP contribution >= 0.6 is 15.9 Å². The second-order valence-corrected chi connectivity index (χ2v) is 5.43. The van der Waals surface area contributed by atoms with Crippen LogP contribution in [-0.4, -0.2) is 5.54 Å². The molecule has 0 spiro atoms. The SMILES string of the molecule is Cc1ccc(CCC(C)(C)N)cc1Br. The molecule has 0 fully saturated rings. The van der Waals surface area contributed by atoms with Crippen molar-refractivity contribution in [3.8, 4) is 0 Å². The lowest BCUT2D eigenvalue weighted by molar-refractivity contribution is 0.477. The largest absolute Gasteiger partial charge is 0.326 e. The lowest BCUT2D eigenvalue weighted by atomic mass is 9.96. The molecule has 2 N–H and O–H groups in total. The van der Waals surface area contributed by atoms with Crippen molar-refractivity contribution in [1.82, 2.24) is 0 Å². The molecule has 1 aromatic carbocycles. The van der Waals surface area contributed by atoms with Gasteiger partial charge < -0.3 is 5.73 Å². The van der Waals surface area contributed by atoms with Crippen LogP contribution in [0.2, 0.25) is 0 Å². The van der Waals surface area contributed by atoms with Gasteiger partial charge in [-0.2, -0.15) is 0 Å². The normalized spacial score (nSPS) is 11.8. The van der Waals surface area contributed by atoms with E-state index in [1.807, 2.05) is 0 Å². The van der Waals surface area contributed by atoms with E-state index in [1.54, 1.807) is 0 Å². The van der Waals surface area contributed by atoms with E-state index in [4.69, 9.17) is 5.73 Å². The van der Waals surface area contributed by atoms with Gasteiger partial charge in [0.05, 0.1) is 0 Å². The lowest BCUT2D eigenvalue weighted by Crippen LogP contribution is -2.32. The van der Waals surface area contributed by atoms with Crippen molar-refractivity contribution in [2.45, 2.75) is 39.2 Å². The van der Waals surface area contributed by atoms with Crippen LogP contribution in [0.25, 0.3) is 0 Å². The Morgan fingerprint density at radius 3 is 2.50 bits per heavy atom. The van der Waals surface area contributed by atoms with Crippen LogP contribution in [-0.2, 0) is 6.42 Å². The van der Waals surface area contributed by atoms with E-state index in [1.165, 1.54) is 15.6 Å². The van der Waals surface area contributed by atoms with E-state index in [9.17, 15) is 0 Å². The Bertz CT molecular complexity index is 313. The monoisotopic (exact) mass is 255 g/mol. The van der Waals surface area contributed by atoms with Gasteiger partial charge in [-0.3, -0.25) is 0 Å². The fourth-order valence-corrected chi connectivity index (χ4v) is 1.68. The molecule has 14 heavy (non-hydrogen) atoms. The maximum absolute atomic E-state index is 5.94. The molecule has 1 aromatic rings. The number of nitrogens with two attached hydrogens (primary N) is 1. The van der Waals surface area contributed by atoms with E-state index >= 15 is 0 Å². The Morgan fingerprint density at radius 2 is 2.00 bits per heavy atom. The molecule has 0 unspecified atom stereocenters. The summed E-state index contributed by atoms with van der Waals surface area (Å²) in [7, 11) is 0. The van der Waals surface area contributed by atoms with Gasteiger partial charge in [0.25, 0.3) is 0 Å². The Morgan fingerprint density at radius 1 is 1.36 bits per heavy atom. The zero-order valence-corrected chi connectivity index (χ0v) is 10.7. The van der Waals surface area contributed by atoms with E-state index in [-0.39, 0.29) is 5.54 Å². The molecule has 0 amide bonds. The Labute approximate surface area is 94.8 Å². The van der Waals surface area contributed by atoms with Crippen LogP contribution in [0.5, 0.6) is 0 Å². The Balaban J connectivity index is 2.65. The van der Waals surface area contributed by atoms with Crippen LogP contribution in [0.3, 0.4) is 0 Å². The van der Waals surface area contributed by atoms with Crippen LogP contribution in [0.15, 0.2) is 22.7 Å². The molecule has 0 radical (unpaired) electrons. The molecule has 0 aliphatic carbocycles. The summed E-state index contributed by atoms with van der Waals surface area (Å²) in [4.78, 5) is 0. The number of rotatable bonds is 3. The Hall–Kier alpha value is -0.340. The molecule has 0 aromatic heterocycles. The van der Waals surface area contributed by atoms with Gasteiger partial charge in [0.1, 0.15) is 0 Å². The van der Waals surface area contributed by atoms with Crippen molar-refractivity contribution in [3.63, 3.8) is 0 Å². The number of hydrogen-bond donors (Lipinski definition) is 1. The summed E-state index contributed by atoms with van der Waals surface area (Å²) in [5.41, 5.74) is 8.49. The average molecular weight is 256 g/mol. The standard InChI is InChI=1S/C12H18BrN/c1-9-4-5-10(8-11(9)13)6-7-12(2,3)14/h4-5,8H,6-7,14H2,1-3H3. The Kier molecular flexibility index (Phi) is 3.73. The number of halogens is 1. The predicted octanol–water partition coefficient (Wildman–Crippen LogP) is 3.43. The fraction of sp³-hybridized carbons (Fsp3) is 0.500. The van der Waals surface area contributed by atoms with E-state index < -0.39 is 0 Å². The molecule has 0 saturated carbocycles. The molecule has 0 atom stereocenters. The van der Waals surface area contributed by atoms with Crippen LogP contribution in [0.1, 0.15) is 31.4 Å². The van der Waals surface area contributed by atoms with Crippen molar-refractivity contribution in [3.05, 3.63) is 33.8 Å². The fourth-order valence-electron chi connectivity index (χ4n) is 1.26. The summed E-state index contributed by atoms with van der Waals surface area (Å²) in [6.07, 6.45) is 2.06. The first kappa shape index (κ1) is 11.7. The quantitative estimate of drug-likeness (QED) is 0.880. The molecule has 1 nitrogen and oxygen atoms in total. The molecule has 0 bridgehead atoms. The van der Waals surface area contributed by atoms with Crippen molar-refractivity contribution in [2.75, 3.05) is 0 Å². The summed E-state index contributed by atoms with van der Waals surface area (Å²) < 4.78 is 1.19. The average Bonchev–Trinajstić information content (AvgIpc) is 2.06. The molecule has 2 heteroatoms. The van der Waals surface area contributed by atoms with Crippen LogP contribution < -0.4 is 5.73 Å². The van der Waals surface area contributed by atoms with Gasteiger partial charge in [-0.1, -0.05) is 28.1 Å². The number of aryl methyl sites for hydroxylation is 2. The van der Waals surface area contributed by atoms with Crippen molar-refractivity contribution in [1.29, 1.82) is 0 Å². The molecule has 78 valence electrons. The topological polar surface area (TPSA) is 26.0 Å². The third-order valence-electron chi connectivity index (χ3n) is 2.29. The van der Waals surface area contributed by atoms with E-state index in [2.05, 4.69) is 54.9 Å². The first-order valence-electron chi connectivity index (χ1n) is 4.92. The molecule has 0 aliphatic rings. The second kappa shape index (κ2) is 4.45. The zero-order valence-electron chi connectivity index (χ0n) is 9.10. The second-order valence-electron chi connectivity index (χ2n) is 4.57. The van der Waals surface area contributed by atoms with Crippen molar-refractivity contribution < 1.29 is 0 Å². The summed E-state index contributed by atoms with van der Waals surface area (Å²) in [5.74, 6) is 0. The molecule has 0 heterocycles. The van der Waals surface area contributed by atoms with Gasteiger partial charge in [-0.15, -0.1) is 0 Å². The number of benzene rings is 1. The number of hydrogen-bond acceptors (Lipinski definition) is 1. The summed E-state index contributed by atoms with van der Waals surface area (Å²) in [5, 5.41) is 0. The highest BCUT2D eigenvalue weighted by Crippen LogP contribution is 2.19. The molecule has 0 aliphatic heterocycles. The first-order chi connectivity index (χ1) is 6.38. The molecule has 0 saturated heterocycles. The summed E-state index contributed by atoms with van der Waals surface area (Å²) in [6, 6.07) is 6.50. The highest BCUT2D eigenvalue weighted by atomic mass is 79.9. The van der Waals surface area contributed by atoms with Gasteiger partial charge >= 0.3 is 0 Å². The smallest absolute Gasteiger partial charge is 0.0207 e. The first-order valence-corrected chi connectivity index (χ1v) is 5.72. The highest BCUT2D eigenvalue weighted by molar-refractivity contribution is 9.10. The van der Waals surface area contributed by atoms with E-state index in [0.29, 0.717) is 0 Å². The summed E-state index contributed by atoms with van der Waals surface area (Å²) in [6.45, 7) is 6.23. The minimum Gasteiger partial charge on any atom is -0.326 e. The molecular weight excluding hydrogens is 238 g/mol. The summed E-state index contributed by atoms with van der Waals surface area (Å²) >= 11 is 3.54. The molecular formula is C12H18BrN. The van der Waals surface area contributed by atoms with Gasteiger partial charge in [-0.25, -0.2) is 0 Å². The third-order valence-corrected chi connectivity index (χ3v) is 3.15. The molecule has 1 rings (SSSR count). The maximum atomic E-state index is 5.94. The third kappa shape index (κ3) is 3.81. The lowest BCUT2D eigenvalue weighted by Gasteiger charge is -2.18. The van der Waals surface area contributed by atoms with Gasteiger partial charge in [-0.05, 0) is 50.8 Å². The minimum absolute atomic E-state index is 0.0721. The van der Waals surface area contributed by atoms with Gasteiger partial charge in [0.2, 0.25) is 0 Å². The maximum Gasteiger partial charge on any atom is 0.0207 e. The highest BCUT2D eigenvalue weighted by Gasteiger charge is 2.10. The van der Waals surface area contributed by atoms with E-state index in [0.717, 1.165) is 12.8 Å². The van der Waals surface area contributed by atoms with Crippen molar-refractivity contribution in [2.24, 2.45) is 5.73 Å². The predicted molar refractivity (Wildman–Crippen MR) is 65.5 cm³/mol. The zero-order chi connectivity index (χ0) is 10.8. The van der Waals surface area contributed by atoms with Gasteiger partial charge in [0.15, 0.2) is 0 Å². The van der Waals surface area contributed by atoms with Crippen LogP contribution in [0.4, 0.5) is 0 Å². The van der Waals surface area contributed by atoms with Crippen molar-refractivity contribution >= 4 is 15.9 Å². The van der Waals surface area contributed by atoms with Crippen LogP contribution in [0, 0.1) is 6.92 Å². The minimum atomic E-state index is -0.0721.